The number of carbonyl (C=O) groups excluding carboxylic acids is 4. The van der Waals surface area contributed by atoms with Crippen molar-refractivity contribution in [1.29, 1.82) is 0 Å². The topological polar surface area (TPSA) is 99.3 Å². The first kappa shape index (κ1) is 20.0. The number of piperidine rings is 2. The molecule has 2 atom stereocenters. The number of hydrogen-bond donors (Lipinski definition) is 1. The lowest BCUT2D eigenvalue weighted by Crippen LogP contribution is -2.56. The maximum atomic E-state index is 13.2. The van der Waals surface area contributed by atoms with E-state index in [2.05, 4.69) is 12.2 Å². The molecular weight excluding hydrogens is 376 g/mol. The van der Waals surface area contributed by atoms with Crippen molar-refractivity contribution in [3.05, 3.63) is 0 Å². The van der Waals surface area contributed by atoms with Gasteiger partial charge < -0.3 is 19.9 Å². The maximum absolute atomic E-state index is 13.2. The van der Waals surface area contributed by atoms with E-state index in [1.165, 1.54) is 4.90 Å². The predicted molar refractivity (Wildman–Crippen MR) is 103 cm³/mol. The van der Waals surface area contributed by atoms with Crippen LogP contribution in [0.4, 0.5) is 9.59 Å². The molecule has 1 spiro atoms. The molecule has 5 amide bonds. The fraction of sp³-hybridized carbons (Fsp3) is 0.800. The fourth-order valence-electron chi connectivity index (χ4n) is 4.84. The summed E-state index contributed by atoms with van der Waals surface area (Å²) in [7, 11) is 0. The van der Waals surface area contributed by atoms with Gasteiger partial charge in [0.05, 0.1) is 6.61 Å². The minimum absolute atomic E-state index is 0.163. The smallest absolute Gasteiger partial charge is 0.409 e. The SMILES string of the molecule is CCOC(=O)N1CCC2(CC1)NC(=O)N(C1CCN(C(=O)[C@H]3C[C@H]3C)CC1)C2=O. The van der Waals surface area contributed by atoms with Gasteiger partial charge in [-0.3, -0.25) is 14.5 Å². The van der Waals surface area contributed by atoms with E-state index in [-0.39, 0.29) is 35.9 Å². The van der Waals surface area contributed by atoms with Gasteiger partial charge in [0, 0.05) is 38.1 Å². The Morgan fingerprint density at radius 1 is 1.10 bits per heavy atom. The Hall–Kier alpha value is -2.32. The lowest BCUT2D eigenvalue weighted by Gasteiger charge is -2.38. The third kappa shape index (κ3) is 3.55. The summed E-state index contributed by atoms with van der Waals surface area (Å²) in [5.74, 6) is 0.671. The Bertz CT molecular complexity index is 710. The summed E-state index contributed by atoms with van der Waals surface area (Å²) in [5, 5.41) is 2.90. The number of nitrogens with zero attached hydrogens (tertiary/aromatic N) is 3. The lowest BCUT2D eigenvalue weighted by molar-refractivity contribution is -0.137. The second kappa shape index (κ2) is 7.50. The zero-order valence-corrected chi connectivity index (χ0v) is 17.2. The molecule has 9 heteroatoms. The predicted octanol–water partition coefficient (Wildman–Crippen LogP) is 1.18. The summed E-state index contributed by atoms with van der Waals surface area (Å²) in [4.78, 5) is 55.0. The third-order valence-corrected chi connectivity index (χ3v) is 6.90. The minimum Gasteiger partial charge on any atom is -0.450 e. The molecule has 3 aliphatic heterocycles. The van der Waals surface area contributed by atoms with Crippen LogP contribution in [0.25, 0.3) is 0 Å². The molecule has 0 unspecified atom stereocenters. The van der Waals surface area contributed by atoms with Crippen LogP contribution >= 0.6 is 0 Å². The van der Waals surface area contributed by atoms with Crippen molar-refractivity contribution in [2.75, 3.05) is 32.8 Å². The first-order valence-electron chi connectivity index (χ1n) is 10.7. The molecule has 0 aromatic carbocycles. The van der Waals surface area contributed by atoms with Crippen LogP contribution in [0.2, 0.25) is 0 Å². The second-order valence-electron chi connectivity index (χ2n) is 8.75. The van der Waals surface area contributed by atoms with Gasteiger partial charge in [-0.1, -0.05) is 6.92 Å². The van der Waals surface area contributed by atoms with Crippen molar-refractivity contribution < 1.29 is 23.9 Å². The number of rotatable bonds is 3. The fourth-order valence-corrected chi connectivity index (χ4v) is 4.84. The summed E-state index contributed by atoms with van der Waals surface area (Å²) in [6.07, 6.45) is 2.62. The molecule has 3 heterocycles. The average Bonchev–Trinajstić information content (AvgIpc) is 3.39. The zero-order chi connectivity index (χ0) is 20.8. The second-order valence-corrected chi connectivity index (χ2v) is 8.75. The molecule has 29 heavy (non-hydrogen) atoms. The van der Waals surface area contributed by atoms with Crippen molar-refractivity contribution >= 4 is 23.9 Å². The Morgan fingerprint density at radius 2 is 1.72 bits per heavy atom. The van der Waals surface area contributed by atoms with Crippen molar-refractivity contribution in [1.82, 2.24) is 20.0 Å². The number of amides is 5. The van der Waals surface area contributed by atoms with E-state index in [9.17, 15) is 19.2 Å². The van der Waals surface area contributed by atoms with E-state index in [0.29, 0.717) is 64.4 Å². The Morgan fingerprint density at radius 3 is 2.28 bits per heavy atom. The van der Waals surface area contributed by atoms with Crippen LogP contribution in [0.5, 0.6) is 0 Å². The summed E-state index contributed by atoms with van der Waals surface area (Å²) in [5.41, 5.74) is -0.920. The van der Waals surface area contributed by atoms with E-state index < -0.39 is 5.54 Å². The number of nitrogens with one attached hydrogen (secondary N) is 1. The molecule has 0 aromatic rings. The van der Waals surface area contributed by atoms with Crippen molar-refractivity contribution in [3.63, 3.8) is 0 Å². The number of urea groups is 1. The highest BCUT2D eigenvalue weighted by molar-refractivity contribution is 6.07. The van der Waals surface area contributed by atoms with Crippen LogP contribution in [0.1, 0.15) is 46.0 Å². The molecule has 0 bridgehead atoms. The van der Waals surface area contributed by atoms with Crippen LogP contribution < -0.4 is 5.32 Å². The van der Waals surface area contributed by atoms with E-state index >= 15 is 0 Å². The number of imide groups is 1. The average molecular weight is 406 g/mol. The molecule has 4 aliphatic rings. The number of hydrogen-bond acceptors (Lipinski definition) is 5. The first-order chi connectivity index (χ1) is 13.9. The van der Waals surface area contributed by atoms with Crippen molar-refractivity contribution in [3.8, 4) is 0 Å². The summed E-state index contributed by atoms with van der Waals surface area (Å²) < 4.78 is 5.03. The van der Waals surface area contributed by atoms with Crippen LogP contribution in [0.3, 0.4) is 0 Å². The maximum Gasteiger partial charge on any atom is 0.409 e. The van der Waals surface area contributed by atoms with Gasteiger partial charge in [-0.05, 0) is 44.9 Å². The molecule has 0 radical (unpaired) electrons. The van der Waals surface area contributed by atoms with Crippen LogP contribution in [-0.2, 0) is 14.3 Å². The Labute approximate surface area is 170 Å². The van der Waals surface area contributed by atoms with Crippen molar-refractivity contribution in [2.24, 2.45) is 11.8 Å². The van der Waals surface area contributed by atoms with Gasteiger partial charge in [-0.25, -0.2) is 9.59 Å². The van der Waals surface area contributed by atoms with Gasteiger partial charge >= 0.3 is 12.1 Å². The third-order valence-electron chi connectivity index (χ3n) is 6.90. The highest BCUT2D eigenvalue weighted by Gasteiger charge is 2.55. The molecule has 3 saturated heterocycles. The highest BCUT2D eigenvalue weighted by Crippen LogP contribution is 2.40. The van der Waals surface area contributed by atoms with Gasteiger partial charge in [-0.15, -0.1) is 0 Å². The quantitative estimate of drug-likeness (QED) is 0.710. The standard InChI is InChI=1S/C20H30N4O5/c1-3-29-19(28)23-10-6-20(7-11-23)17(26)24(18(27)21-20)14-4-8-22(9-5-14)16(25)15-12-13(15)2/h13-15H,3-12H2,1-2H3,(H,21,27)/t13-,15+/m1/s1. The monoisotopic (exact) mass is 406 g/mol. The zero-order valence-electron chi connectivity index (χ0n) is 17.2. The molecule has 9 nitrogen and oxygen atoms in total. The molecule has 4 rings (SSSR count). The van der Waals surface area contributed by atoms with Crippen LogP contribution in [0.15, 0.2) is 0 Å². The molecule has 1 N–H and O–H groups in total. The van der Waals surface area contributed by atoms with E-state index in [0.717, 1.165) is 6.42 Å². The highest BCUT2D eigenvalue weighted by atomic mass is 16.6. The van der Waals surface area contributed by atoms with Crippen molar-refractivity contribution in [2.45, 2.75) is 57.5 Å². The van der Waals surface area contributed by atoms with E-state index in [1.807, 2.05) is 4.90 Å². The summed E-state index contributed by atoms with van der Waals surface area (Å²) in [6.45, 7) is 6.10. The van der Waals surface area contributed by atoms with E-state index in [1.54, 1.807) is 11.8 Å². The lowest BCUT2D eigenvalue weighted by atomic mass is 9.87. The molecule has 0 aromatic heterocycles. The molecule has 1 aliphatic carbocycles. The van der Waals surface area contributed by atoms with E-state index in [4.69, 9.17) is 4.74 Å². The van der Waals surface area contributed by atoms with Crippen LogP contribution in [0, 0.1) is 11.8 Å². The summed E-state index contributed by atoms with van der Waals surface area (Å²) >= 11 is 0. The van der Waals surface area contributed by atoms with Gasteiger partial charge in [-0.2, -0.15) is 0 Å². The minimum atomic E-state index is -0.920. The number of ether oxygens (including phenoxy) is 1. The molecular formula is C20H30N4O5. The normalized spacial score (nSPS) is 29.2. The molecule has 160 valence electrons. The Balaban J connectivity index is 1.34. The largest absolute Gasteiger partial charge is 0.450 e. The Kier molecular flexibility index (Phi) is 5.16. The molecule has 1 saturated carbocycles. The molecule has 4 fully saturated rings. The van der Waals surface area contributed by atoms with Gasteiger partial charge in [0.25, 0.3) is 5.91 Å². The first-order valence-corrected chi connectivity index (χ1v) is 10.7. The summed E-state index contributed by atoms with van der Waals surface area (Å²) in [6, 6.07) is -0.522. The van der Waals surface area contributed by atoms with Crippen LogP contribution in [-0.4, -0.2) is 83.0 Å². The van der Waals surface area contributed by atoms with Gasteiger partial charge in [0.15, 0.2) is 0 Å². The number of likely N-dealkylation sites (tertiary alicyclic amines) is 2. The van der Waals surface area contributed by atoms with Gasteiger partial charge in [0.2, 0.25) is 5.91 Å². The number of carbonyl (C=O) groups is 4. The van der Waals surface area contributed by atoms with Gasteiger partial charge in [0.1, 0.15) is 5.54 Å².